The van der Waals surface area contributed by atoms with Gasteiger partial charge in [-0.05, 0) is 44.3 Å². The number of hydrogen-bond donors (Lipinski definition) is 2. The van der Waals surface area contributed by atoms with E-state index in [2.05, 4.69) is 22.2 Å². The van der Waals surface area contributed by atoms with E-state index in [0.29, 0.717) is 5.56 Å². The molecule has 1 saturated heterocycles. The Morgan fingerprint density at radius 2 is 1.85 bits per heavy atom. The van der Waals surface area contributed by atoms with Crippen LogP contribution in [0.3, 0.4) is 0 Å². The fraction of sp³-hybridized carbons (Fsp3) is 0.533. The van der Waals surface area contributed by atoms with E-state index in [9.17, 15) is 4.79 Å². The molecule has 0 bridgehead atoms. The molecule has 110 valence electrons. The molecule has 0 saturated carbocycles. The Bertz CT molecular complexity index is 425. The van der Waals surface area contributed by atoms with E-state index in [1.54, 1.807) is 12.1 Å². The van der Waals surface area contributed by atoms with E-state index in [1.807, 2.05) is 12.1 Å². The average Bonchev–Trinajstić information content (AvgIpc) is 2.46. The lowest BCUT2D eigenvalue weighted by molar-refractivity contribution is 0.0697. The molecule has 0 radical (unpaired) electrons. The van der Waals surface area contributed by atoms with E-state index in [0.717, 1.165) is 51.4 Å². The standard InChI is InChI=1S/C15H23N3O2/c1-17-9-11-18(12-10-17)8-2-7-16-14-5-3-13(4-6-14)15(19)20/h3-6,16H,2,7-12H2,1H3,(H,19,20). The number of nitrogens with one attached hydrogen (secondary N) is 1. The zero-order chi connectivity index (χ0) is 14.4. The zero-order valence-corrected chi connectivity index (χ0v) is 12.0. The highest BCUT2D eigenvalue weighted by molar-refractivity contribution is 5.87. The number of carboxylic acid groups (broad SMARTS) is 1. The van der Waals surface area contributed by atoms with Crippen molar-refractivity contribution in [2.24, 2.45) is 0 Å². The number of rotatable bonds is 6. The monoisotopic (exact) mass is 277 g/mol. The Labute approximate surface area is 120 Å². The first-order chi connectivity index (χ1) is 9.65. The average molecular weight is 277 g/mol. The van der Waals surface area contributed by atoms with E-state index >= 15 is 0 Å². The van der Waals surface area contributed by atoms with Gasteiger partial charge in [-0.25, -0.2) is 4.79 Å². The molecule has 0 spiro atoms. The minimum Gasteiger partial charge on any atom is -0.478 e. The van der Waals surface area contributed by atoms with Crippen LogP contribution < -0.4 is 5.32 Å². The fourth-order valence-corrected chi connectivity index (χ4v) is 2.34. The van der Waals surface area contributed by atoms with Gasteiger partial charge in [-0.2, -0.15) is 0 Å². The summed E-state index contributed by atoms with van der Waals surface area (Å²) < 4.78 is 0. The van der Waals surface area contributed by atoms with Crippen molar-refractivity contribution in [2.75, 3.05) is 51.6 Å². The summed E-state index contributed by atoms with van der Waals surface area (Å²) in [5.74, 6) is -0.883. The number of aromatic carboxylic acids is 1. The van der Waals surface area contributed by atoms with E-state index < -0.39 is 5.97 Å². The number of carbonyl (C=O) groups is 1. The van der Waals surface area contributed by atoms with Gasteiger partial charge in [0.05, 0.1) is 5.56 Å². The van der Waals surface area contributed by atoms with Crippen LogP contribution in [0, 0.1) is 0 Å². The van der Waals surface area contributed by atoms with Crippen LogP contribution in [-0.4, -0.2) is 67.2 Å². The summed E-state index contributed by atoms with van der Waals surface area (Å²) in [6.45, 7) is 6.66. The molecule has 20 heavy (non-hydrogen) atoms. The van der Waals surface area contributed by atoms with Gasteiger partial charge in [-0.3, -0.25) is 0 Å². The van der Waals surface area contributed by atoms with E-state index in [-0.39, 0.29) is 0 Å². The van der Waals surface area contributed by atoms with Gasteiger partial charge >= 0.3 is 5.97 Å². The number of hydrogen-bond acceptors (Lipinski definition) is 4. The van der Waals surface area contributed by atoms with Crippen molar-refractivity contribution < 1.29 is 9.90 Å². The quantitative estimate of drug-likeness (QED) is 0.771. The maximum atomic E-state index is 10.7. The molecule has 5 heteroatoms. The Morgan fingerprint density at radius 1 is 1.20 bits per heavy atom. The topological polar surface area (TPSA) is 55.8 Å². The van der Waals surface area contributed by atoms with Gasteiger partial charge < -0.3 is 20.2 Å². The summed E-state index contributed by atoms with van der Waals surface area (Å²) in [6.07, 6.45) is 1.10. The summed E-state index contributed by atoms with van der Waals surface area (Å²) in [4.78, 5) is 15.6. The summed E-state index contributed by atoms with van der Waals surface area (Å²) in [5, 5.41) is 12.2. The smallest absolute Gasteiger partial charge is 0.335 e. The third-order valence-electron chi connectivity index (χ3n) is 3.71. The van der Waals surface area contributed by atoms with Crippen molar-refractivity contribution in [1.82, 2.24) is 9.80 Å². The predicted octanol–water partition coefficient (Wildman–Crippen LogP) is 1.43. The lowest BCUT2D eigenvalue weighted by atomic mass is 10.2. The second-order valence-electron chi connectivity index (χ2n) is 5.31. The number of nitrogens with zero attached hydrogens (tertiary/aromatic N) is 2. The molecular formula is C15H23N3O2. The molecule has 1 aliphatic rings. The minimum atomic E-state index is -0.883. The summed E-state index contributed by atoms with van der Waals surface area (Å²) in [6, 6.07) is 6.90. The van der Waals surface area contributed by atoms with Crippen LogP contribution in [0.25, 0.3) is 0 Å². The van der Waals surface area contributed by atoms with Gasteiger partial charge in [0.2, 0.25) is 0 Å². The highest BCUT2D eigenvalue weighted by atomic mass is 16.4. The molecule has 1 aliphatic heterocycles. The fourth-order valence-electron chi connectivity index (χ4n) is 2.34. The van der Waals surface area contributed by atoms with E-state index in [4.69, 9.17) is 5.11 Å². The maximum Gasteiger partial charge on any atom is 0.335 e. The van der Waals surface area contributed by atoms with Crippen LogP contribution in [0.1, 0.15) is 16.8 Å². The number of likely N-dealkylation sites (N-methyl/N-ethyl adjacent to an activating group) is 1. The largest absolute Gasteiger partial charge is 0.478 e. The molecule has 1 heterocycles. The first kappa shape index (κ1) is 14.8. The highest BCUT2D eigenvalue weighted by Gasteiger charge is 2.12. The van der Waals surface area contributed by atoms with Crippen molar-refractivity contribution in [3.63, 3.8) is 0 Å². The van der Waals surface area contributed by atoms with Gasteiger partial charge in [0.15, 0.2) is 0 Å². The Hall–Kier alpha value is -1.59. The second kappa shape index (κ2) is 7.26. The molecule has 5 nitrogen and oxygen atoms in total. The minimum absolute atomic E-state index is 0.327. The van der Waals surface area contributed by atoms with Crippen LogP contribution in [0.5, 0.6) is 0 Å². The third kappa shape index (κ3) is 4.51. The van der Waals surface area contributed by atoms with Crippen LogP contribution in [-0.2, 0) is 0 Å². The molecule has 0 atom stereocenters. The number of benzene rings is 1. The van der Waals surface area contributed by atoms with Crippen molar-refractivity contribution >= 4 is 11.7 Å². The van der Waals surface area contributed by atoms with Crippen LogP contribution in [0.2, 0.25) is 0 Å². The summed E-state index contributed by atoms with van der Waals surface area (Å²) >= 11 is 0. The van der Waals surface area contributed by atoms with Gasteiger partial charge in [-0.15, -0.1) is 0 Å². The lowest BCUT2D eigenvalue weighted by Crippen LogP contribution is -2.44. The molecule has 1 aromatic rings. The first-order valence-electron chi connectivity index (χ1n) is 7.13. The molecule has 0 amide bonds. The Balaban J connectivity index is 1.64. The van der Waals surface area contributed by atoms with Crippen molar-refractivity contribution in [3.8, 4) is 0 Å². The van der Waals surface area contributed by atoms with Gasteiger partial charge in [-0.1, -0.05) is 0 Å². The molecule has 2 N–H and O–H groups in total. The molecule has 1 aromatic carbocycles. The SMILES string of the molecule is CN1CCN(CCCNc2ccc(C(=O)O)cc2)CC1. The number of carboxylic acids is 1. The van der Waals surface area contributed by atoms with Crippen molar-refractivity contribution in [2.45, 2.75) is 6.42 Å². The lowest BCUT2D eigenvalue weighted by Gasteiger charge is -2.32. The van der Waals surface area contributed by atoms with Crippen molar-refractivity contribution in [1.29, 1.82) is 0 Å². The molecular weight excluding hydrogens is 254 g/mol. The third-order valence-corrected chi connectivity index (χ3v) is 3.71. The van der Waals surface area contributed by atoms with Crippen LogP contribution >= 0.6 is 0 Å². The van der Waals surface area contributed by atoms with Gasteiger partial charge in [0.1, 0.15) is 0 Å². The maximum absolute atomic E-state index is 10.7. The normalized spacial score (nSPS) is 17.1. The van der Waals surface area contributed by atoms with Crippen LogP contribution in [0.15, 0.2) is 24.3 Å². The van der Waals surface area contributed by atoms with E-state index in [1.165, 1.54) is 0 Å². The number of anilines is 1. The molecule has 0 aliphatic carbocycles. The van der Waals surface area contributed by atoms with Gasteiger partial charge in [0.25, 0.3) is 0 Å². The zero-order valence-electron chi connectivity index (χ0n) is 12.0. The molecule has 2 rings (SSSR count). The van der Waals surface area contributed by atoms with Crippen LogP contribution in [0.4, 0.5) is 5.69 Å². The van der Waals surface area contributed by atoms with Crippen molar-refractivity contribution in [3.05, 3.63) is 29.8 Å². The summed E-state index contributed by atoms with van der Waals surface area (Å²) in [5.41, 5.74) is 1.31. The molecule has 0 unspecified atom stereocenters. The predicted molar refractivity (Wildman–Crippen MR) is 80.4 cm³/mol. The Kier molecular flexibility index (Phi) is 5.38. The Morgan fingerprint density at radius 3 is 2.45 bits per heavy atom. The first-order valence-corrected chi connectivity index (χ1v) is 7.13. The second-order valence-corrected chi connectivity index (χ2v) is 5.31. The molecule has 0 aromatic heterocycles. The number of piperazine rings is 1. The molecule has 1 fully saturated rings. The highest BCUT2D eigenvalue weighted by Crippen LogP contribution is 2.09. The summed E-state index contributed by atoms with van der Waals surface area (Å²) in [7, 11) is 2.17. The van der Waals surface area contributed by atoms with Gasteiger partial charge in [0, 0.05) is 38.4 Å².